The van der Waals surface area contributed by atoms with Crippen LogP contribution in [0.2, 0.25) is 5.15 Å². The van der Waals surface area contributed by atoms with Crippen molar-refractivity contribution in [3.63, 3.8) is 0 Å². The fourth-order valence-electron chi connectivity index (χ4n) is 1.07. The summed E-state index contributed by atoms with van der Waals surface area (Å²) in [6.45, 7) is 0. The van der Waals surface area contributed by atoms with Crippen LogP contribution in [0.5, 0.6) is 0 Å². The summed E-state index contributed by atoms with van der Waals surface area (Å²) in [6, 6.07) is 4.47. The SMILES string of the molecule is O=S([O-])c1ccc2nc(Cl)cnc2c1.[Na+]. The summed E-state index contributed by atoms with van der Waals surface area (Å²) in [5.74, 6) is 0. The molecule has 4 nitrogen and oxygen atoms in total. The van der Waals surface area contributed by atoms with E-state index in [2.05, 4.69) is 9.97 Å². The predicted octanol–water partition coefficient (Wildman–Crippen LogP) is -1.47. The van der Waals surface area contributed by atoms with Crippen LogP contribution in [0.25, 0.3) is 11.0 Å². The number of hydrogen-bond acceptors (Lipinski definition) is 4. The Kier molecular flexibility index (Phi) is 4.64. The van der Waals surface area contributed by atoms with Crippen molar-refractivity contribution >= 4 is 33.7 Å². The first-order valence-electron chi connectivity index (χ1n) is 3.68. The molecule has 0 aliphatic rings. The molecule has 1 heterocycles. The average Bonchev–Trinajstić information content (AvgIpc) is 2.16. The van der Waals surface area contributed by atoms with Gasteiger partial charge in [-0.1, -0.05) is 11.6 Å². The first-order valence-corrected chi connectivity index (χ1v) is 5.14. The average molecular weight is 251 g/mol. The summed E-state index contributed by atoms with van der Waals surface area (Å²) >= 11 is 3.38. The molecule has 1 aromatic carbocycles. The molecule has 0 fully saturated rings. The van der Waals surface area contributed by atoms with Crippen molar-refractivity contribution in [1.82, 2.24) is 9.97 Å². The molecular weight excluding hydrogens is 247 g/mol. The number of rotatable bonds is 1. The van der Waals surface area contributed by atoms with Crippen molar-refractivity contribution in [2.75, 3.05) is 0 Å². The van der Waals surface area contributed by atoms with Gasteiger partial charge < -0.3 is 4.55 Å². The molecule has 1 unspecified atom stereocenters. The molecule has 2 aromatic rings. The second-order valence-corrected chi connectivity index (χ2v) is 3.91. The van der Waals surface area contributed by atoms with E-state index in [1.54, 1.807) is 6.07 Å². The minimum atomic E-state index is -2.24. The molecule has 0 radical (unpaired) electrons. The third-order valence-electron chi connectivity index (χ3n) is 1.68. The zero-order valence-electron chi connectivity index (χ0n) is 7.81. The smallest absolute Gasteiger partial charge is 0.768 e. The van der Waals surface area contributed by atoms with E-state index in [1.165, 1.54) is 18.3 Å². The van der Waals surface area contributed by atoms with Gasteiger partial charge in [-0.25, -0.2) is 4.98 Å². The minimum absolute atomic E-state index is 0. The van der Waals surface area contributed by atoms with Crippen LogP contribution in [0.1, 0.15) is 0 Å². The second-order valence-electron chi connectivity index (χ2n) is 2.58. The molecule has 0 aliphatic heterocycles. The first-order chi connectivity index (χ1) is 6.66. The first kappa shape index (κ1) is 13.0. The van der Waals surface area contributed by atoms with E-state index in [-0.39, 0.29) is 39.6 Å². The van der Waals surface area contributed by atoms with Crippen LogP contribution in [0.3, 0.4) is 0 Å². The number of aromatic nitrogens is 2. The van der Waals surface area contributed by atoms with Crippen LogP contribution in [-0.4, -0.2) is 18.7 Å². The second kappa shape index (κ2) is 5.34. The number of fused-ring (bicyclic) bond motifs is 1. The third kappa shape index (κ3) is 2.96. The maximum atomic E-state index is 10.6. The van der Waals surface area contributed by atoms with Gasteiger partial charge in [0.2, 0.25) is 0 Å². The molecule has 7 heteroatoms. The normalized spacial score (nSPS) is 12.1. The van der Waals surface area contributed by atoms with E-state index in [4.69, 9.17) is 11.6 Å². The summed E-state index contributed by atoms with van der Waals surface area (Å²) in [7, 11) is 0. The van der Waals surface area contributed by atoms with Gasteiger partial charge in [0.25, 0.3) is 0 Å². The summed E-state index contributed by atoms with van der Waals surface area (Å²) in [6.07, 6.45) is 1.38. The Morgan fingerprint density at radius 1 is 1.33 bits per heavy atom. The van der Waals surface area contributed by atoms with Gasteiger partial charge in [0.1, 0.15) is 5.15 Å². The van der Waals surface area contributed by atoms with Crippen molar-refractivity contribution in [3.05, 3.63) is 29.5 Å². The number of benzene rings is 1. The molecule has 72 valence electrons. The maximum Gasteiger partial charge on any atom is 1.00 e. The van der Waals surface area contributed by atoms with E-state index in [0.717, 1.165) is 0 Å². The van der Waals surface area contributed by atoms with Gasteiger partial charge in [0, 0.05) is 4.90 Å². The van der Waals surface area contributed by atoms with E-state index in [1.807, 2.05) is 0 Å². The summed E-state index contributed by atoms with van der Waals surface area (Å²) in [5.41, 5.74) is 1.09. The molecule has 0 saturated heterocycles. The Bertz CT molecular complexity index is 523. The van der Waals surface area contributed by atoms with Crippen LogP contribution in [0.15, 0.2) is 29.3 Å². The van der Waals surface area contributed by atoms with Crippen LogP contribution in [-0.2, 0) is 11.1 Å². The van der Waals surface area contributed by atoms with Gasteiger partial charge in [0.05, 0.1) is 17.2 Å². The van der Waals surface area contributed by atoms with Crippen LogP contribution in [0, 0.1) is 0 Å². The van der Waals surface area contributed by atoms with Crippen LogP contribution < -0.4 is 29.6 Å². The molecule has 15 heavy (non-hydrogen) atoms. The number of hydrogen-bond donors (Lipinski definition) is 0. The largest absolute Gasteiger partial charge is 1.00 e. The Hall–Kier alpha value is -0.0400. The van der Waals surface area contributed by atoms with Gasteiger partial charge in [0.15, 0.2) is 0 Å². The number of nitrogens with zero attached hydrogens (tertiary/aromatic N) is 2. The summed E-state index contributed by atoms with van der Waals surface area (Å²) < 4.78 is 21.3. The predicted molar refractivity (Wildman–Crippen MR) is 51.7 cm³/mol. The molecule has 0 spiro atoms. The molecule has 0 saturated carbocycles. The molecule has 1 atom stereocenters. The van der Waals surface area contributed by atoms with E-state index in [0.29, 0.717) is 11.0 Å². The molecule has 1 aromatic heterocycles. The summed E-state index contributed by atoms with van der Waals surface area (Å²) in [5, 5.41) is 0.286. The van der Waals surface area contributed by atoms with Gasteiger partial charge in [-0.2, -0.15) is 0 Å². The van der Waals surface area contributed by atoms with Gasteiger partial charge in [-0.3, -0.25) is 9.19 Å². The van der Waals surface area contributed by atoms with Crippen molar-refractivity contribution in [2.45, 2.75) is 4.90 Å². The van der Waals surface area contributed by atoms with Crippen molar-refractivity contribution < 1.29 is 38.3 Å². The Morgan fingerprint density at radius 3 is 2.73 bits per heavy atom. The van der Waals surface area contributed by atoms with Gasteiger partial charge in [-0.15, -0.1) is 0 Å². The number of halogens is 1. The fraction of sp³-hybridized carbons (Fsp3) is 0. The molecular formula is C8H4ClN2NaO2S. The minimum Gasteiger partial charge on any atom is -0.768 e. The third-order valence-corrected chi connectivity index (χ3v) is 2.50. The van der Waals surface area contributed by atoms with E-state index in [9.17, 15) is 8.76 Å². The van der Waals surface area contributed by atoms with Crippen LogP contribution >= 0.6 is 11.6 Å². The van der Waals surface area contributed by atoms with Gasteiger partial charge in [-0.05, 0) is 29.3 Å². The monoisotopic (exact) mass is 250 g/mol. The Labute approximate surface area is 116 Å². The van der Waals surface area contributed by atoms with Crippen molar-refractivity contribution in [3.8, 4) is 0 Å². The fourth-order valence-corrected chi connectivity index (χ4v) is 1.60. The topological polar surface area (TPSA) is 65.9 Å². The Morgan fingerprint density at radius 2 is 2.07 bits per heavy atom. The Balaban J connectivity index is 0.00000112. The zero-order chi connectivity index (χ0) is 10.1. The van der Waals surface area contributed by atoms with E-state index >= 15 is 0 Å². The molecule has 0 N–H and O–H groups in total. The molecule has 0 amide bonds. The van der Waals surface area contributed by atoms with Gasteiger partial charge >= 0.3 is 29.6 Å². The quantitative estimate of drug-likeness (QED) is 0.458. The molecule has 0 aliphatic carbocycles. The zero-order valence-corrected chi connectivity index (χ0v) is 11.4. The van der Waals surface area contributed by atoms with E-state index < -0.39 is 11.1 Å². The molecule has 2 rings (SSSR count). The summed E-state index contributed by atoms with van der Waals surface area (Å²) in [4.78, 5) is 8.12. The van der Waals surface area contributed by atoms with Crippen LogP contribution in [0.4, 0.5) is 0 Å². The van der Waals surface area contributed by atoms with Crippen molar-refractivity contribution in [2.24, 2.45) is 0 Å². The molecule has 0 bridgehead atoms. The maximum absolute atomic E-state index is 10.6. The van der Waals surface area contributed by atoms with Crippen molar-refractivity contribution in [1.29, 1.82) is 0 Å². The standard InChI is InChI=1S/C8H5ClN2O2S.Na/c9-8-4-10-7-3-5(14(12)13)1-2-6(7)11-8;/h1-4H,(H,12,13);/q;+1/p-1.